The van der Waals surface area contributed by atoms with Gasteiger partial charge in [0.15, 0.2) is 0 Å². The molecule has 0 bridgehead atoms. The highest BCUT2D eigenvalue weighted by Crippen LogP contribution is 2.33. The van der Waals surface area contributed by atoms with E-state index in [1.54, 1.807) is 6.07 Å². The molecule has 0 saturated carbocycles. The number of aryl methyl sites for hydroxylation is 2. The maximum atomic E-state index is 12.4. The number of ether oxygens (including phenoxy) is 2. The number of thiophene rings is 1. The number of hydrogen-bond donors (Lipinski definition) is 1. The van der Waals surface area contributed by atoms with Gasteiger partial charge in [0.1, 0.15) is 19.7 Å². The van der Waals surface area contributed by atoms with Crippen LogP contribution in [0.1, 0.15) is 58.5 Å². The second kappa shape index (κ2) is 10.5. The number of nitrogens with one attached hydrogen (secondary N) is 1. The Bertz CT molecular complexity index is 839. The Morgan fingerprint density at radius 3 is 2.41 bits per heavy atom. The third-order valence-electron chi connectivity index (χ3n) is 4.54. The molecule has 1 aromatic carbocycles. The Labute approximate surface area is 178 Å². The summed E-state index contributed by atoms with van der Waals surface area (Å²) in [6.45, 7) is 8.46. The van der Waals surface area contributed by atoms with E-state index in [9.17, 15) is 9.59 Å². The third-order valence-corrected chi connectivity index (χ3v) is 5.72. The molecule has 2 rings (SSSR count). The molecular weight excluding hydrogens is 385 g/mol. The highest BCUT2D eigenvalue weighted by atomic mass is 32.1. The van der Waals surface area contributed by atoms with Crippen LogP contribution in [0.5, 0.6) is 5.75 Å². The van der Waals surface area contributed by atoms with Gasteiger partial charge in [-0.25, -0.2) is 0 Å². The fourth-order valence-electron chi connectivity index (χ4n) is 2.93. The average molecular weight is 413 g/mol. The van der Waals surface area contributed by atoms with Crippen LogP contribution in [0.4, 0.5) is 0 Å². The zero-order valence-corrected chi connectivity index (χ0v) is 18.5. The van der Waals surface area contributed by atoms with Gasteiger partial charge in [-0.3, -0.25) is 9.59 Å². The molecule has 0 aliphatic heterocycles. The van der Waals surface area contributed by atoms with Crippen LogP contribution in [0, 0.1) is 19.8 Å². The van der Waals surface area contributed by atoms with Gasteiger partial charge in [-0.1, -0.05) is 30.4 Å². The van der Waals surface area contributed by atoms with Crippen molar-refractivity contribution < 1.29 is 19.1 Å². The molecule has 1 heterocycles. The van der Waals surface area contributed by atoms with E-state index in [-0.39, 0.29) is 30.9 Å². The molecule has 29 heavy (non-hydrogen) atoms. The van der Waals surface area contributed by atoms with Crippen molar-refractivity contribution in [3.05, 3.63) is 45.1 Å². The van der Waals surface area contributed by atoms with Crippen LogP contribution in [0.25, 0.3) is 0 Å². The van der Waals surface area contributed by atoms with Crippen molar-refractivity contribution in [1.29, 1.82) is 0 Å². The Morgan fingerprint density at radius 2 is 1.83 bits per heavy atom. The number of carbonyl (C=O) groups is 2. The smallest absolute Gasteiger partial charge is 0.307 e. The molecule has 1 atom stereocenters. The van der Waals surface area contributed by atoms with Crippen LogP contribution < -0.4 is 15.5 Å². The molecular formula is C22H28BNO4S. The highest BCUT2D eigenvalue weighted by Gasteiger charge is 2.20. The van der Waals surface area contributed by atoms with Crippen molar-refractivity contribution in [3.63, 3.8) is 0 Å². The van der Waals surface area contributed by atoms with Gasteiger partial charge in [0.2, 0.25) is 0 Å². The van der Waals surface area contributed by atoms with Crippen molar-refractivity contribution in [1.82, 2.24) is 5.32 Å². The minimum atomic E-state index is -0.350. The van der Waals surface area contributed by atoms with Gasteiger partial charge in [0, 0.05) is 11.4 Å². The van der Waals surface area contributed by atoms with Crippen molar-refractivity contribution in [2.45, 2.75) is 46.6 Å². The lowest BCUT2D eigenvalue weighted by Gasteiger charge is -2.21. The fourth-order valence-corrected chi connectivity index (χ4v) is 3.90. The van der Waals surface area contributed by atoms with E-state index in [2.05, 4.69) is 23.9 Å². The zero-order chi connectivity index (χ0) is 21.6. The summed E-state index contributed by atoms with van der Waals surface area (Å²) in [5, 5.41) is 2.74. The first kappa shape index (κ1) is 23.0. The highest BCUT2D eigenvalue weighted by molar-refractivity contribution is 7.14. The molecule has 0 aliphatic carbocycles. The first-order chi connectivity index (χ1) is 13.7. The Balaban J connectivity index is 2.13. The van der Waals surface area contributed by atoms with Crippen LogP contribution in [0.2, 0.25) is 0 Å². The topological polar surface area (TPSA) is 64.6 Å². The van der Waals surface area contributed by atoms with Crippen molar-refractivity contribution in [2.24, 2.45) is 5.92 Å². The van der Waals surface area contributed by atoms with Crippen molar-refractivity contribution in [3.8, 4) is 5.75 Å². The number of methoxy groups -OCH3 is 1. The third kappa shape index (κ3) is 6.63. The summed E-state index contributed by atoms with van der Waals surface area (Å²) in [6.07, 6.45) is 0.820. The lowest BCUT2D eigenvalue weighted by Crippen LogP contribution is -2.25. The molecule has 0 saturated heterocycles. The van der Waals surface area contributed by atoms with Crippen molar-refractivity contribution in [2.75, 3.05) is 13.7 Å². The number of hydrogen-bond acceptors (Lipinski definition) is 5. The van der Waals surface area contributed by atoms with Crippen LogP contribution >= 0.6 is 11.3 Å². The second-order valence-corrected chi connectivity index (χ2v) is 8.61. The summed E-state index contributed by atoms with van der Waals surface area (Å²) < 4.78 is 10.9. The molecule has 1 aromatic heterocycles. The van der Waals surface area contributed by atoms with Gasteiger partial charge >= 0.3 is 5.97 Å². The predicted molar refractivity (Wildman–Crippen MR) is 117 cm³/mol. The van der Waals surface area contributed by atoms with Gasteiger partial charge in [0.05, 0.1) is 18.4 Å². The average Bonchev–Trinajstić information content (AvgIpc) is 3.15. The van der Waals surface area contributed by atoms with Crippen LogP contribution in [0.3, 0.4) is 0 Å². The van der Waals surface area contributed by atoms with E-state index in [1.807, 2.05) is 32.0 Å². The monoisotopic (exact) mass is 413 g/mol. The molecule has 1 unspecified atom stereocenters. The maximum absolute atomic E-state index is 12.4. The van der Waals surface area contributed by atoms with Crippen LogP contribution in [-0.4, -0.2) is 33.4 Å². The molecule has 2 aromatic rings. The maximum Gasteiger partial charge on any atom is 0.307 e. The van der Waals surface area contributed by atoms with E-state index in [4.69, 9.17) is 12.6 Å². The first-order valence-electron chi connectivity index (χ1n) is 9.69. The summed E-state index contributed by atoms with van der Waals surface area (Å²) in [4.78, 5) is 25.1. The van der Waals surface area contributed by atoms with E-state index < -0.39 is 0 Å². The Kier molecular flexibility index (Phi) is 8.32. The van der Waals surface area contributed by atoms with E-state index in [0.717, 1.165) is 33.6 Å². The van der Waals surface area contributed by atoms with E-state index in [0.29, 0.717) is 10.8 Å². The second-order valence-electron chi connectivity index (χ2n) is 7.49. The summed E-state index contributed by atoms with van der Waals surface area (Å²) in [6, 6.07) is 7.63. The summed E-state index contributed by atoms with van der Waals surface area (Å²) in [5.41, 5.74) is 2.75. The van der Waals surface area contributed by atoms with Gasteiger partial charge in [0.25, 0.3) is 5.91 Å². The number of esters is 1. The first-order valence-corrected chi connectivity index (χ1v) is 10.5. The molecule has 5 nitrogen and oxygen atoms in total. The van der Waals surface area contributed by atoms with Gasteiger partial charge in [-0.05, 0) is 50.5 Å². The normalized spacial score (nSPS) is 11.9. The van der Waals surface area contributed by atoms with Gasteiger partial charge < -0.3 is 14.8 Å². The Hall–Kier alpha value is -2.28. The number of carbonyl (C=O) groups excluding carboxylic acids is 2. The molecule has 1 amide bonds. The number of benzene rings is 1. The van der Waals surface area contributed by atoms with Gasteiger partial charge in [-0.15, -0.1) is 11.3 Å². The predicted octanol–water partition coefficient (Wildman–Crippen LogP) is 3.62. The molecule has 154 valence electrons. The number of rotatable bonds is 9. The van der Waals surface area contributed by atoms with Crippen molar-refractivity contribution >= 4 is 36.5 Å². The minimum absolute atomic E-state index is 0.148. The SMILES string of the molecule is [B]c1c(C)cc(OC(CC(C)C)c2ccc(C(=O)NCCC(=O)OC)s2)cc1C. The fraction of sp³-hybridized carbons (Fsp3) is 0.455. The molecule has 2 radical (unpaired) electrons. The molecule has 1 N–H and O–H groups in total. The molecule has 7 heteroatoms. The molecule has 0 spiro atoms. The minimum Gasteiger partial charge on any atom is -0.485 e. The van der Waals surface area contributed by atoms with Gasteiger partial charge in [-0.2, -0.15) is 0 Å². The number of amides is 1. The lowest BCUT2D eigenvalue weighted by atomic mass is 9.87. The zero-order valence-electron chi connectivity index (χ0n) is 17.7. The van der Waals surface area contributed by atoms with Crippen LogP contribution in [-0.2, 0) is 9.53 Å². The lowest BCUT2D eigenvalue weighted by molar-refractivity contribution is -0.140. The van der Waals surface area contributed by atoms with E-state index >= 15 is 0 Å². The quantitative estimate of drug-likeness (QED) is 0.504. The Morgan fingerprint density at radius 1 is 1.17 bits per heavy atom. The largest absolute Gasteiger partial charge is 0.485 e. The van der Waals surface area contributed by atoms with E-state index in [1.165, 1.54) is 18.4 Å². The summed E-state index contributed by atoms with van der Waals surface area (Å²) in [7, 11) is 7.38. The molecule has 0 fully saturated rings. The van der Waals surface area contributed by atoms with Crippen LogP contribution in [0.15, 0.2) is 24.3 Å². The molecule has 0 aliphatic rings. The summed E-state index contributed by atoms with van der Waals surface area (Å²) in [5.74, 6) is 0.650. The summed E-state index contributed by atoms with van der Waals surface area (Å²) >= 11 is 1.41. The standard InChI is InChI=1S/C22H28BNO4S/c1-13(2)10-17(28-16-11-14(3)21(23)15(4)12-16)18-6-7-19(29-18)22(26)24-9-8-20(25)27-5/h6-7,11-13,17H,8-10H2,1-5H3,(H,24,26).